The van der Waals surface area contributed by atoms with Crippen LogP contribution in [0.25, 0.3) is 5.65 Å². The maximum absolute atomic E-state index is 11.9. The predicted octanol–water partition coefficient (Wildman–Crippen LogP) is 2.07. The first-order valence-corrected chi connectivity index (χ1v) is 7.19. The van der Waals surface area contributed by atoms with Crippen LogP contribution in [-0.2, 0) is 6.42 Å². The van der Waals surface area contributed by atoms with E-state index in [1.165, 1.54) is 11.3 Å². The van der Waals surface area contributed by atoms with Crippen molar-refractivity contribution < 1.29 is 4.79 Å². The second-order valence-corrected chi connectivity index (χ2v) is 5.75. The van der Waals surface area contributed by atoms with Crippen molar-refractivity contribution in [2.24, 2.45) is 0 Å². The SMILES string of the molecule is Cc1ccc(C(=O)NCCc2nnc3ccccn23)s1. The molecule has 1 amide bonds. The molecule has 0 atom stereocenters. The van der Waals surface area contributed by atoms with Gasteiger partial charge in [0, 0.05) is 24.0 Å². The predicted molar refractivity (Wildman–Crippen MR) is 78.1 cm³/mol. The van der Waals surface area contributed by atoms with Crippen molar-refractivity contribution in [3.63, 3.8) is 0 Å². The largest absolute Gasteiger partial charge is 0.351 e. The van der Waals surface area contributed by atoms with Crippen molar-refractivity contribution in [3.05, 3.63) is 52.1 Å². The number of nitrogens with one attached hydrogen (secondary N) is 1. The standard InChI is InChI=1S/C14H14N4OS/c1-10-5-6-11(20-10)14(19)15-8-7-13-17-16-12-4-2-3-9-18(12)13/h2-6,9H,7-8H2,1H3,(H,15,19). The molecule has 3 aromatic rings. The minimum absolute atomic E-state index is 0.0306. The summed E-state index contributed by atoms with van der Waals surface area (Å²) in [5.41, 5.74) is 0.822. The second-order valence-electron chi connectivity index (χ2n) is 4.46. The van der Waals surface area contributed by atoms with Gasteiger partial charge in [0.05, 0.1) is 4.88 Å². The molecule has 0 saturated heterocycles. The molecule has 0 saturated carbocycles. The van der Waals surface area contributed by atoms with Gasteiger partial charge in [-0.2, -0.15) is 0 Å². The molecule has 3 heterocycles. The maximum atomic E-state index is 11.9. The van der Waals surface area contributed by atoms with E-state index in [9.17, 15) is 4.79 Å². The van der Waals surface area contributed by atoms with Gasteiger partial charge in [-0.3, -0.25) is 9.20 Å². The van der Waals surface area contributed by atoms with Crippen molar-refractivity contribution in [3.8, 4) is 0 Å². The maximum Gasteiger partial charge on any atom is 0.261 e. The topological polar surface area (TPSA) is 59.3 Å². The third-order valence-corrected chi connectivity index (χ3v) is 3.98. The number of pyridine rings is 1. The van der Waals surface area contributed by atoms with Crippen molar-refractivity contribution in [1.29, 1.82) is 0 Å². The number of rotatable bonds is 4. The minimum atomic E-state index is -0.0306. The fourth-order valence-electron chi connectivity index (χ4n) is 1.99. The van der Waals surface area contributed by atoms with Crippen LogP contribution in [0.4, 0.5) is 0 Å². The lowest BCUT2D eigenvalue weighted by Gasteiger charge is -2.02. The highest BCUT2D eigenvalue weighted by atomic mass is 32.1. The van der Waals surface area contributed by atoms with Crippen molar-refractivity contribution in [1.82, 2.24) is 19.9 Å². The highest BCUT2D eigenvalue weighted by molar-refractivity contribution is 7.13. The molecule has 0 bridgehead atoms. The molecule has 0 aliphatic heterocycles. The average Bonchev–Trinajstić information content (AvgIpc) is 3.06. The lowest BCUT2D eigenvalue weighted by atomic mass is 10.3. The summed E-state index contributed by atoms with van der Waals surface area (Å²) in [5.74, 6) is 0.820. The highest BCUT2D eigenvalue weighted by Gasteiger charge is 2.08. The summed E-state index contributed by atoms with van der Waals surface area (Å²) < 4.78 is 1.93. The number of fused-ring (bicyclic) bond motifs is 1. The molecular weight excluding hydrogens is 272 g/mol. The van der Waals surface area contributed by atoms with Gasteiger partial charge >= 0.3 is 0 Å². The van der Waals surface area contributed by atoms with Crippen LogP contribution in [0.2, 0.25) is 0 Å². The summed E-state index contributed by atoms with van der Waals surface area (Å²) in [7, 11) is 0. The third kappa shape index (κ3) is 2.55. The molecule has 6 heteroatoms. The summed E-state index contributed by atoms with van der Waals surface area (Å²) in [6, 6.07) is 9.57. The van der Waals surface area contributed by atoms with Gasteiger partial charge in [0.15, 0.2) is 5.65 Å². The fourth-order valence-corrected chi connectivity index (χ4v) is 2.78. The van der Waals surface area contributed by atoms with Gasteiger partial charge in [-0.15, -0.1) is 21.5 Å². The molecule has 0 aromatic carbocycles. The molecule has 1 N–H and O–H groups in total. The monoisotopic (exact) mass is 286 g/mol. The van der Waals surface area contributed by atoms with Gasteiger partial charge in [0.25, 0.3) is 5.91 Å². The van der Waals surface area contributed by atoms with Gasteiger partial charge in [0.1, 0.15) is 5.82 Å². The van der Waals surface area contributed by atoms with E-state index in [0.717, 1.165) is 21.2 Å². The van der Waals surface area contributed by atoms with Crippen molar-refractivity contribution >= 4 is 22.9 Å². The van der Waals surface area contributed by atoms with Crippen LogP contribution in [0, 0.1) is 6.92 Å². The van der Waals surface area contributed by atoms with E-state index in [1.807, 2.05) is 47.9 Å². The zero-order valence-electron chi connectivity index (χ0n) is 11.0. The molecule has 20 heavy (non-hydrogen) atoms. The number of nitrogens with zero attached hydrogens (tertiary/aromatic N) is 3. The number of hydrogen-bond acceptors (Lipinski definition) is 4. The van der Waals surface area contributed by atoms with E-state index >= 15 is 0 Å². The third-order valence-electron chi connectivity index (χ3n) is 2.98. The van der Waals surface area contributed by atoms with Gasteiger partial charge in [-0.1, -0.05) is 6.07 Å². The Balaban J connectivity index is 1.61. The van der Waals surface area contributed by atoms with Crippen LogP contribution in [0.3, 0.4) is 0 Å². The van der Waals surface area contributed by atoms with E-state index in [2.05, 4.69) is 15.5 Å². The molecule has 5 nitrogen and oxygen atoms in total. The zero-order chi connectivity index (χ0) is 13.9. The van der Waals surface area contributed by atoms with Crippen LogP contribution in [0.5, 0.6) is 0 Å². The Morgan fingerprint density at radius 1 is 1.30 bits per heavy atom. The molecule has 102 valence electrons. The number of carbonyl (C=O) groups is 1. The van der Waals surface area contributed by atoms with E-state index in [0.29, 0.717) is 13.0 Å². The highest BCUT2D eigenvalue weighted by Crippen LogP contribution is 2.14. The molecule has 0 spiro atoms. The second kappa shape index (κ2) is 5.42. The van der Waals surface area contributed by atoms with E-state index in [4.69, 9.17) is 0 Å². The number of thiophene rings is 1. The van der Waals surface area contributed by atoms with Gasteiger partial charge in [0.2, 0.25) is 0 Å². The Morgan fingerprint density at radius 2 is 2.20 bits per heavy atom. The van der Waals surface area contributed by atoms with E-state index in [-0.39, 0.29) is 5.91 Å². The molecule has 3 rings (SSSR count). The molecular formula is C14H14N4OS. The average molecular weight is 286 g/mol. The molecule has 0 aliphatic rings. The summed E-state index contributed by atoms with van der Waals surface area (Å²) in [6.45, 7) is 2.54. The van der Waals surface area contributed by atoms with Crippen LogP contribution in [0.1, 0.15) is 20.4 Å². The summed E-state index contributed by atoms with van der Waals surface area (Å²) in [4.78, 5) is 13.8. The zero-order valence-corrected chi connectivity index (χ0v) is 11.9. The van der Waals surface area contributed by atoms with E-state index < -0.39 is 0 Å². The number of amides is 1. The Hall–Kier alpha value is -2.21. The molecule has 3 aromatic heterocycles. The summed E-state index contributed by atoms with van der Waals surface area (Å²) in [5, 5.41) is 11.1. The van der Waals surface area contributed by atoms with Gasteiger partial charge in [-0.05, 0) is 31.2 Å². The van der Waals surface area contributed by atoms with Crippen molar-refractivity contribution in [2.75, 3.05) is 6.54 Å². The smallest absolute Gasteiger partial charge is 0.261 e. The lowest BCUT2D eigenvalue weighted by Crippen LogP contribution is -2.25. The Kier molecular flexibility index (Phi) is 3.47. The number of hydrogen-bond donors (Lipinski definition) is 1. The van der Waals surface area contributed by atoms with Crippen LogP contribution in [0.15, 0.2) is 36.5 Å². The van der Waals surface area contributed by atoms with Gasteiger partial charge in [-0.25, -0.2) is 0 Å². The van der Waals surface area contributed by atoms with Crippen molar-refractivity contribution in [2.45, 2.75) is 13.3 Å². The van der Waals surface area contributed by atoms with Crippen LogP contribution in [-0.4, -0.2) is 27.0 Å². The minimum Gasteiger partial charge on any atom is -0.351 e. The van der Waals surface area contributed by atoms with Crippen LogP contribution < -0.4 is 5.32 Å². The van der Waals surface area contributed by atoms with E-state index in [1.54, 1.807) is 0 Å². The fraction of sp³-hybridized carbons (Fsp3) is 0.214. The first kappa shape index (κ1) is 12.8. The molecule has 0 fully saturated rings. The Labute approximate surface area is 120 Å². The summed E-state index contributed by atoms with van der Waals surface area (Å²) >= 11 is 1.50. The number of aryl methyl sites for hydroxylation is 1. The quantitative estimate of drug-likeness (QED) is 0.798. The van der Waals surface area contributed by atoms with Crippen LogP contribution >= 0.6 is 11.3 Å². The summed E-state index contributed by atoms with van der Waals surface area (Å²) in [6.07, 6.45) is 2.58. The number of carbonyl (C=O) groups excluding carboxylic acids is 1. The normalized spacial score (nSPS) is 10.8. The molecule has 0 radical (unpaired) electrons. The Morgan fingerprint density at radius 3 is 3.00 bits per heavy atom. The number of aromatic nitrogens is 3. The molecule has 0 aliphatic carbocycles. The van der Waals surface area contributed by atoms with Gasteiger partial charge < -0.3 is 5.32 Å². The first-order valence-electron chi connectivity index (χ1n) is 6.37. The molecule has 0 unspecified atom stereocenters. The first-order chi connectivity index (χ1) is 9.74. The lowest BCUT2D eigenvalue weighted by molar-refractivity contribution is 0.0958. The Bertz CT molecular complexity index is 746.